The third kappa shape index (κ3) is 6.68. The number of sulfonamides is 1. The Morgan fingerprint density at radius 3 is 2.30 bits per heavy atom. The van der Waals surface area contributed by atoms with Crippen LogP contribution in [0.1, 0.15) is 25.0 Å². The van der Waals surface area contributed by atoms with Crippen LogP contribution in [0, 0.1) is 6.92 Å². The Labute approximate surface area is 218 Å². The smallest absolute Gasteiger partial charge is 0.264 e. The Morgan fingerprint density at radius 2 is 1.65 bits per heavy atom. The van der Waals surface area contributed by atoms with E-state index in [1.807, 2.05) is 6.07 Å². The fourth-order valence-corrected chi connectivity index (χ4v) is 5.45. The highest BCUT2D eigenvalue weighted by molar-refractivity contribution is 7.92. The van der Waals surface area contributed by atoms with Gasteiger partial charge in [-0.2, -0.15) is 0 Å². The number of nitrogens with one attached hydrogen (secondary N) is 1. The number of ether oxygens (including phenoxy) is 1. The van der Waals surface area contributed by atoms with Gasteiger partial charge in [0.05, 0.1) is 17.7 Å². The van der Waals surface area contributed by atoms with Crippen molar-refractivity contribution in [3.05, 3.63) is 90.0 Å². The molecule has 0 saturated heterocycles. The molecule has 1 unspecified atom stereocenters. The zero-order valence-corrected chi connectivity index (χ0v) is 22.4. The summed E-state index contributed by atoms with van der Waals surface area (Å²) in [5.74, 6) is -0.222. The van der Waals surface area contributed by atoms with E-state index in [1.165, 1.54) is 17.0 Å². The van der Waals surface area contributed by atoms with Crippen molar-refractivity contribution in [2.24, 2.45) is 0 Å². The zero-order chi connectivity index (χ0) is 27.0. The van der Waals surface area contributed by atoms with Crippen molar-refractivity contribution in [3.8, 4) is 5.75 Å². The van der Waals surface area contributed by atoms with Gasteiger partial charge in [0.25, 0.3) is 10.0 Å². The molecule has 0 heterocycles. The molecule has 196 valence electrons. The summed E-state index contributed by atoms with van der Waals surface area (Å²) < 4.78 is 33.9. The minimum absolute atomic E-state index is 0.0715. The Bertz CT molecular complexity index is 1330. The number of methoxy groups -OCH3 is 1. The Balaban J connectivity index is 2.03. The fourth-order valence-electron chi connectivity index (χ4n) is 3.95. The lowest BCUT2D eigenvalue weighted by Gasteiger charge is -2.32. The molecule has 0 bridgehead atoms. The number of aryl methyl sites for hydroxylation is 1. The first kappa shape index (κ1) is 27.7. The number of rotatable bonds is 11. The monoisotopic (exact) mass is 523 g/mol. The van der Waals surface area contributed by atoms with E-state index in [0.29, 0.717) is 23.5 Å². The number of para-hydroxylation sites is 1. The molecule has 0 spiro atoms. The minimum Gasteiger partial charge on any atom is -0.497 e. The second kappa shape index (κ2) is 12.4. The number of hydrogen-bond acceptors (Lipinski definition) is 5. The second-order valence-corrected chi connectivity index (χ2v) is 10.4. The number of nitrogens with zero attached hydrogens (tertiary/aromatic N) is 2. The second-order valence-electron chi connectivity index (χ2n) is 8.55. The van der Waals surface area contributed by atoms with Crippen molar-refractivity contribution in [2.45, 2.75) is 38.3 Å². The first-order chi connectivity index (χ1) is 17.7. The van der Waals surface area contributed by atoms with Gasteiger partial charge in [0.2, 0.25) is 11.8 Å². The van der Waals surface area contributed by atoms with E-state index in [9.17, 15) is 18.0 Å². The lowest BCUT2D eigenvalue weighted by Crippen LogP contribution is -2.51. The fraction of sp³-hybridized carbons (Fsp3) is 0.286. The highest BCUT2D eigenvalue weighted by Crippen LogP contribution is 2.27. The van der Waals surface area contributed by atoms with Crippen LogP contribution in [-0.4, -0.2) is 51.4 Å². The molecule has 0 saturated carbocycles. The summed E-state index contributed by atoms with van der Waals surface area (Å²) in [6.07, 6.45) is 0. The molecule has 0 aromatic heterocycles. The Morgan fingerprint density at radius 1 is 0.973 bits per heavy atom. The highest BCUT2D eigenvalue weighted by atomic mass is 32.2. The summed E-state index contributed by atoms with van der Waals surface area (Å²) in [5, 5.41) is 2.75. The number of likely N-dealkylation sites (N-methyl/N-ethyl adjacent to an activating group) is 1. The van der Waals surface area contributed by atoms with Crippen molar-refractivity contribution in [1.29, 1.82) is 0 Å². The van der Waals surface area contributed by atoms with Gasteiger partial charge < -0.3 is 15.0 Å². The van der Waals surface area contributed by atoms with Crippen LogP contribution in [0.25, 0.3) is 0 Å². The lowest BCUT2D eigenvalue weighted by atomic mass is 10.1. The van der Waals surface area contributed by atoms with E-state index < -0.39 is 28.5 Å². The molecule has 3 rings (SSSR count). The molecule has 0 aliphatic rings. The average molecular weight is 524 g/mol. The van der Waals surface area contributed by atoms with Crippen molar-refractivity contribution in [2.75, 3.05) is 24.5 Å². The number of amides is 2. The van der Waals surface area contributed by atoms with Crippen LogP contribution >= 0.6 is 0 Å². The highest BCUT2D eigenvalue weighted by Gasteiger charge is 2.32. The number of anilines is 1. The van der Waals surface area contributed by atoms with E-state index in [0.717, 1.165) is 9.87 Å². The van der Waals surface area contributed by atoms with Gasteiger partial charge in [-0.15, -0.1) is 0 Å². The van der Waals surface area contributed by atoms with E-state index in [-0.39, 0.29) is 17.3 Å². The van der Waals surface area contributed by atoms with Crippen LogP contribution in [0.4, 0.5) is 5.69 Å². The molecule has 0 aliphatic heterocycles. The lowest BCUT2D eigenvalue weighted by molar-refractivity contribution is -0.139. The molecule has 0 radical (unpaired) electrons. The molecule has 3 aromatic carbocycles. The number of carbonyl (C=O) groups is 2. The van der Waals surface area contributed by atoms with E-state index in [2.05, 4.69) is 5.32 Å². The molecule has 3 aromatic rings. The third-order valence-corrected chi connectivity index (χ3v) is 7.77. The maximum atomic E-state index is 13.8. The number of carbonyl (C=O) groups excluding carboxylic acids is 2. The Hall–Kier alpha value is -3.85. The summed E-state index contributed by atoms with van der Waals surface area (Å²) in [6.45, 7) is 5.25. The molecule has 2 amide bonds. The first-order valence-electron chi connectivity index (χ1n) is 12.0. The molecule has 0 aliphatic carbocycles. The van der Waals surface area contributed by atoms with Crippen LogP contribution in [0.3, 0.4) is 0 Å². The number of hydrogen-bond donors (Lipinski definition) is 1. The van der Waals surface area contributed by atoms with Gasteiger partial charge in [-0.25, -0.2) is 8.42 Å². The molecule has 37 heavy (non-hydrogen) atoms. The van der Waals surface area contributed by atoms with Gasteiger partial charge in [0.1, 0.15) is 18.3 Å². The first-order valence-corrected chi connectivity index (χ1v) is 13.5. The minimum atomic E-state index is -4.08. The van der Waals surface area contributed by atoms with Gasteiger partial charge in [-0.1, -0.05) is 48.5 Å². The van der Waals surface area contributed by atoms with E-state index >= 15 is 0 Å². The quantitative estimate of drug-likeness (QED) is 0.413. The van der Waals surface area contributed by atoms with Gasteiger partial charge in [0, 0.05) is 13.1 Å². The third-order valence-electron chi connectivity index (χ3n) is 6.00. The summed E-state index contributed by atoms with van der Waals surface area (Å²) in [6, 6.07) is 21.3. The molecule has 1 atom stereocenters. The molecule has 8 nitrogen and oxygen atoms in total. The average Bonchev–Trinajstić information content (AvgIpc) is 2.91. The standard InChI is InChI=1S/C28H33N3O5S/c1-5-29-28(33)22(3)30(19-23-13-11-14-24(18-23)36-4)27(32)20-31(26-17-10-9-12-21(26)2)37(34,35)25-15-7-6-8-16-25/h6-18,22H,5,19-20H2,1-4H3,(H,29,33). The summed E-state index contributed by atoms with van der Waals surface area (Å²) >= 11 is 0. The maximum Gasteiger partial charge on any atom is 0.264 e. The molecular weight excluding hydrogens is 490 g/mol. The van der Waals surface area contributed by atoms with Crippen LogP contribution in [0.5, 0.6) is 5.75 Å². The van der Waals surface area contributed by atoms with Gasteiger partial charge in [-0.3, -0.25) is 13.9 Å². The summed E-state index contributed by atoms with van der Waals surface area (Å²) in [4.78, 5) is 28.1. The van der Waals surface area contributed by atoms with Crippen LogP contribution in [-0.2, 0) is 26.2 Å². The van der Waals surface area contributed by atoms with Gasteiger partial charge in [-0.05, 0) is 62.2 Å². The van der Waals surface area contributed by atoms with Gasteiger partial charge in [0.15, 0.2) is 0 Å². The summed E-state index contributed by atoms with van der Waals surface area (Å²) in [5.41, 5.74) is 1.84. The molecule has 0 fully saturated rings. The van der Waals surface area contributed by atoms with Crippen LogP contribution < -0.4 is 14.4 Å². The van der Waals surface area contributed by atoms with Crippen molar-refractivity contribution in [1.82, 2.24) is 10.2 Å². The van der Waals surface area contributed by atoms with Crippen LogP contribution in [0.2, 0.25) is 0 Å². The normalized spacial score (nSPS) is 11.9. The SMILES string of the molecule is CCNC(=O)C(C)N(Cc1cccc(OC)c1)C(=O)CN(c1ccccc1C)S(=O)(=O)c1ccccc1. The topological polar surface area (TPSA) is 96.0 Å². The van der Waals surface area contributed by atoms with Gasteiger partial charge >= 0.3 is 0 Å². The largest absolute Gasteiger partial charge is 0.497 e. The predicted octanol–water partition coefficient (Wildman–Crippen LogP) is 3.75. The maximum absolute atomic E-state index is 13.8. The van der Waals surface area contributed by atoms with Crippen molar-refractivity contribution in [3.63, 3.8) is 0 Å². The van der Waals surface area contributed by atoms with E-state index in [4.69, 9.17) is 4.74 Å². The van der Waals surface area contributed by atoms with Crippen molar-refractivity contribution >= 4 is 27.5 Å². The molecular formula is C28H33N3O5S. The molecule has 1 N–H and O–H groups in total. The van der Waals surface area contributed by atoms with Crippen molar-refractivity contribution < 1.29 is 22.7 Å². The summed E-state index contributed by atoms with van der Waals surface area (Å²) in [7, 11) is -2.53. The van der Waals surface area contributed by atoms with Crippen LogP contribution in [0.15, 0.2) is 83.8 Å². The predicted molar refractivity (Wildman–Crippen MR) is 144 cm³/mol. The number of benzene rings is 3. The zero-order valence-electron chi connectivity index (χ0n) is 21.5. The van der Waals surface area contributed by atoms with E-state index in [1.54, 1.807) is 88.5 Å². The Kier molecular flexibility index (Phi) is 9.30. The molecule has 9 heteroatoms.